The van der Waals surface area contributed by atoms with Crippen molar-refractivity contribution in [1.82, 2.24) is 0 Å². The van der Waals surface area contributed by atoms with E-state index in [4.69, 9.17) is 4.99 Å². The van der Waals surface area contributed by atoms with Gasteiger partial charge in [-0.3, -0.25) is 5.41 Å². The summed E-state index contributed by atoms with van der Waals surface area (Å²) in [5.74, 6) is 0.229. The lowest BCUT2D eigenvalue weighted by Crippen LogP contribution is -2.04. The average Bonchev–Trinajstić information content (AvgIpc) is 3.66. The van der Waals surface area contributed by atoms with Crippen LogP contribution in [0, 0.1) is 5.41 Å². The minimum Gasteiger partial charge on any atom is -0.282 e. The Morgan fingerprint density at radius 1 is 0.439 bits per heavy atom. The lowest BCUT2D eigenvalue weighted by molar-refractivity contribution is 1.42. The summed E-state index contributed by atoms with van der Waals surface area (Å²) < 4.78 is 2.44. The van der Waals surface area contributed by atoms with E-state index < -0.39 is 0 Å². The number of nitrogens with zero attached hydrogens (tertiary/aromatic N) is 1. The fourth-order valence-electron chi connectivity index (χ4n) is 8.82. The molecule has 0 atom stereocenters. The second-order valence-electron chi connectivity index (χ2n) is 14.6. The van der Waals surface area contributed by atoms with Crippen molar-refractivity contribution in [3.63, 3.8) is 0 Å². The topological polar surface area (TPSA) is 36.2 Å². The van der Waals surface area contributed by atoms with E-state index in [-0.39, 0.29) is 5.84 Å². The largest absolute Gasteiger partial charge is 0.282 e. The summed E-state index contributed by atoms with van der Waals surface area (Å²) in [4.78, 5) is 5.10. The molecule has 1 N–H and O–H groups in total. The van der Waals surface area contributed by atoms with Crippen molar-refractivity contribution < 1.29 is 0 Å². The van der Waals surface area contributed by atoms with E-state index >= 15 is 0 Å². The first-order chi connectivity index (χ1) is 28.2. The number of hydrogen-bond acceptors (Lipinski definition) is 2. The van der Waals surface area contributed by atoms with Crippen molar-refractivity contribution in [2.75, 3.05) is 0 Å². The number of amidine groups is 1. The number of aliphatic imine (C=N–C) groups is 1. The molecule has 1 aromatic heterocycles. The van der Waals surface area contributed by atoms with Crippen molar-refractivity contribution in [3.8, 4) is 11.1 Å². The van der Waals surface area contributed by atoms with Crippen LogP contribution >= 0.6 is 11.3 Å². The molecule has 0 saturated carbocycles. The summed E-state index contributed by atoms with van der Waals surface area (Å²) in [5, 5.41) is 23.8. The lowest BCUT2D eigenvalue weighted by Gasteiger charge is -2.20. The van der Waals surface area contributed by atoms with Gasteiger partial charge in [0.05, 0.1) is 5.71 Å². The summed E-state index contributed by atoms with van der Waals surface area (Å²) >= 11 is 1.80. The SMILES string of the molecule is N=C(N=C(/C=C/c1c2ccccc2c(-c2c3ccccc3cc3c2ccc2ccccc23)c2ccccc12)c1cccc2sc3ccccc3c12)c1ccccc1. The minimum absolute atomic E-state index is 0.229. The molecular weight excluding hydrogens is 709 g/mol. The maximum Gasteiger partial charge on any atom is 0.152 e. The van der Waals surface area contributed by atoms with Gasteiger partial charge in [-0.25, -0.2) is 4.99 Å². The Labute approximate surface area is 333 Å². The van der Waals surface area contributed by atoms with Gasteiger partial charge in [-0.15, -0.1) is 11.3 Å². The normalized spacial score (nSPS) is 12.3. The molecule has 11 rings (SSSR count). The second kappa shape index (κ2) is 13.5. The third-order valence-electron chi connectivity index (χ3n) is 11.4. The molecule has 1 heterocycles. The molecule has 2 nitrogen and oxygen atoms in total. The van der Waals surface area contributed by atoms with E-state index in [0.29, 0.717) is 0 Å². The molecular formula is C54H34N2S. The number of allylic oxidation sites excluding steroid dienone is 1. The second-order valence-corrected chi connectivity index (χ2v) is 15.6. The molecule has 0 amide bonds. The van der Waals surface area contributed by atoms with Gasteiger partial charge in [0.25, 0.3) is 0 Å². The van der Waals surface area contributed by atoms with Gasteiger partial charge in [0.1, 0.15) is 0 Å². The Kier molecular flexibility index (Phi) is 7.87. The molecule has 57 heavy (non-hydrogen) atoms. The third-order valence-corrected chi connectivity index (χ3v) is 12.5. The average molecular weight is 743 g/mol. The quantitative estimate of drug-likeness (QED) is 0.0789. The monoisotopic (exact) mass is 742 g/mol. The predicted octanol–water partition coefficient (Wildman–Crippen LogP) is 15.0. The minimum atomic E-state index is 0.229. The summed E-state index contributed by atoms with van der Waals surface area (Å²) in [7, 11) is 0. The van der Waals surface area contributed by atoms with Crippen LogP contribution in [0.4, 0.5) is 0 Å². The fourth-order valence-corrected chi connectivity index (χ4v) is 9.95. The zero-order valence-electron chi connectivity index (χ0n) is 30.9. The molecule has 0 radical (unpaired) electrons. The van der Waals surface area contributed by atoms with E-state index in [1.54, 1.807) is 11.3 Å². The molecule has 0 bridgehead atoms. The van der Waals surface area contributed by atoms with Gasteiger partial charge < -0.3 is 0 Å². The van der Waals surface area contributed by atoms with E-state index in [2.05, 4.69) is 170 Å². The van der Waals surface area contributed by atoms with Gasteiger partial charge in [-0.2, -0.15) is 0 Å². The molecule has 10 aromatic carbocycles. The van der Waals surface area contributed by atoms with Crippen LogP contribution in [0.1, 0.15) is 16.7 Å². The number of benzene rings is 10. The van der Waals surface area contributed by atoms with Crippen LogP contribution in [0.5, 0.6) is 0 Å². The van der Waals surface area contributed by atoms with Crippen LogP contribution in [0.3, 0.4) is 0 Å². The molecule has 0 fully saturated rings. The summed E-state index contributed by atoms with van der Waals surface area (Å²) in [6.45, 7) is 0. The van der Waals surface area contributed by atoms with E-state index in [1.165, 1.54) is 85.2 Å². The molecule has 0 aliphatic carbocycles. The predicted molar refractivity (Wildman–Crippen MR) is 248 cm³/mol. The fraction of sp³-hybridized carbons (Fsp3) is 0. The molecule has 266 valence electrons. The smallest absolute Gasteiger partial charge is 0.152 e. The van der Waals surface area contributed by atoms with E-state index in [0.717, 1.165) is 22.4 Å². The van der Waals surface area contributed by atoms with Crippen LogP contribution < -0.4 is 0 Å². The molecule has 0 saturated heterocycles. The first-order valence-corrected chi connectivity index (χ1v) is 20.1. The standard InChI is InChI=1S/C54H34N2S/c55-54(35-16-2-1-3-17-35)56-48(45-26-14-28-50-51(45)46-25-12-13-27-49(46)57-50)32-31-41-39-21-8-10-23-42(39)53(43-24-11-9-22-40(41)43)52-38-20-7-5-18-36(38)33-47-37-19-6-4-15-34(37)29-30-44(47)52/h1-33,55H/b32-31+,55-54?,56-48?. The van der Waals surface area contributed by atoms with E-state index in [9.17, 15) is 5.41 Å². The van der Waals surface area contributed by atoms with Gasteiger partial charge in [0.2, 0.25) is 0 Å². The van der Waals surface area contributed by atoms with Crippen molar-refractivity contribution in [1.29, 1.82) is 5.41 Å². The highest BCUT2D eigenvalue weighted by Crippen LogP contribution is 2.46. The van der Waals surface area contributed by atoms with Crippen molar-refractivity contribution in [2.24, 2.45) is 4.99 Å². The summed E-state index contributed by atoms with van der Waals surface area (Å²) in [6.07, 6.45) is 4.36. The number of hydrogen-bond donors (Lipinski definition) is 1. The molecule has 3 heteroatoms. The third kappa shape index (κ3) is 5.47. The summed E-state index contributed by atoms with van der Waals surface area (Å²) in [5.41, 5.74) is 6.17. The van der Waals surface area contributed by atoms with Gasteiger partial charge >= 0.3 is 0 Å². The van der Waals surface area contributed by atoms with Crippen LogP contribution in [-0.2, 0) is 0 Å². The lowest BCUT2D eigenvalue weighted by atomic mass is 9.83. The molecule has 0 unspecified atom stereocenters. The molecule has 0 aliphatic heterocycles. The Bertz CT molecular complexity index is 3420. The first-order valence-electron chi connectivity index (χ1n) is 19.3. The van der Waals surface area contributed by atoms with E-state index in [1.807, 2.05) is 30.3 Å². The first kappa shape index (κ1) is 33.2. The van der Waals surface area contributed by atoms with Crippen LogP contribution in [-0.4, -0.2) is 11.5 Å². The van der Waals surface area contributed by atoms with Crippen molar-refractivity contribution in [3.05, 3.63) is 211 Å². The summed E-state index contributed by atoms with van der Waals surface area (Å²) in [6, 6.07) is 67.0. The zero-order valence-corrected chi connectivity index (χ0v) is 31.7. The van der Waals surface area contributed by atoms with Gasteiger partial charge in [-0.1, -0.05) is 176 Å². The maximum absolute atomic E-state index is 9.18. The maximum atomic E-state index is 9.18. The van der Waals surface area contributed by atoms with Gasteiger partial charge in [-0.05, 0) is 94.8 Å². The van der Waals surface area contributed by atoms with Gasteiger partial charge in [0, 0.05) is 31.3 Å². The zero-order chi connectivity index (χ0) is 37.9. The van der Waals surface area contributed by atoms with Crippen LogP contribution in [0.15, 0.2) is 199 Å². The number of fused-ring (bicyclic) bond motifs is 9. The molecule has 11 aromatic rings. The Hall–Kier alpha value is -7.20. The number of nitrogens with one attached hydrogen (secondary N) is 1. The van der Waals surface area contributed by atoms with Crippen molar-refractivity contribution in [2.45, 2.75) is 0 Å². The molecule has 0 aliphatic rings. The Morgan fingerprint density at radius 3 is 1.75 bits per heavy atom. The molecule has 0 spiro atoms. The van der Waals surface area contributed by atoms with Crippen LogP contribution in [0.2, 0.25) is 0 Å². The Balaban J connectivity index is 1.19. The highest BCUT2D eigenvalue weighted by Gasteiger charge is 2.20. The highest BCUT2D eigenvalue weighted by atomic mass is 32.1. The Morgan fingerprint density at radius 2 is 1.00 bits per heavy atom. The van der Waals surface area contributed by atoms with Crippen LogP contribution in [0.25, 0.3) is 91.2 Å². The van der Waals surface area contributed by atoms with Gasteiger partial charge in [0.15, 0.2) is 5.84 Å². The number of thiophene rings is 1. The highest BCUT2D eigenvalue weighted by molar-refractivity contribution is 7.25. The van der Waals surface area contributed by atoms with Crippen molar-refractivity contribution >= 4 is 103 Å². The number of rotatable bonds is 5.